The van der Waals surface area contributed by atoms with Gasteiger partial charge in [-0.15, -0.1) is 0 Å². The van der Waals surface area contributed by atoms with E-state index in [0.717, 1.165) is 43.5 Å². The first-order valence-corrected chi connectivity index (χ1v) is 8.82. The molecule has 0 aliphatic heterocycles. The van der Waals surface area contributed by atoms with Gasteiger partial charge in [0.15, 0.2) is 0 Å². The zero-order valence-electron chi connectivity index (χ0n) is 14.4. The Bertz CT molecular complexity index is 473. The lowest BCUT2D eigenvalue weighted by atomic mass is 10.0. The van der Waals surface area contributed by atoms with Crippen molar-refractivity contribution in [3.8, 4) is 0 Å². The zero-order valence-corrected chi connectivity index (χ0v) is 15.3. The summed E-state index contributed by atoms with van der Waals surface area (Å²) >= 11 is 4.61. The van der Waals surface area contributed by atoms with Crippen molar-refractivity contribution in [1.82, 2.24) is 0 Å². The van der Waals surface area contributed by atoms with Crippen molar-refractivity contribution in [3.05, 3.63) is 54.3 Å². The maximum Gasteiger partial charge on any atom is 0.0381 e. The summed E-state index contributed by atoms with van der Waals surface area (Å²) in [6.45, 7) is 14.8. The van der Waals surface area contributed by atoms with E-state index in [4.69, 9.17) is 0 Å². The lowest BCUT2D eigenvalue weighted by Gasteiger charge is -2.16. The Balaban J connectivity index is 2.40. The average molecular weight is 318 g/mol. The van der Waals surface area contributed by atoms with Crippen LogP contribution in [-0.4, -0.2) is 5.25 Å². The summed E-state index contributed by atoms with van der Waals surface area (Å²) in [6, 6.07) is 8.65. The van der Waals surface area contributed by atoms with Crippen LogP contribution in [0, 0.1) is 5.92 Å². The highest BCUT2D eigenvalue weighted by Gasteiger charge is 2.08. The molecule has 0 bridgehead atoms. The molecule has 1 nitrogen and oxygen atoms in total. The molecule has 0 saturated heterocycles. The monoisotopic (exact) mass is 317 g/mol. The van der Waals surface area contributed by atoms with Gasteiger partial charge in [-0.2, -0.15) is 12.6 Å². The van der Waals surface area contributed by atoms with E-state index >= 15 is 0 Å². The fraction of sp³-hybridized carbons (Fsp3) is 0.500. The molecule has 122 valence electrons. The van der Waals surface area contributed by atoms with Gasteiger partial charge in [0.05, 0.1) is 0 Å². The number of benzene rings is 1. The van der Waals surface area contributed by atoms with Crippen LogP contribution in [0.2, 0.25) is 0 Å². The smallest absolute Gasteiger partial charge is 0.0381 e. The Morgan fingerprint density at radius 3 is 2.32 bits per heavy atom. The Morgan fingerprint density at radius 1 is 1.14 bits per heavy atom. The Labute approximate surface area is 142 Å². The van der Waals surface area contributed by atoms with Crippen LogP contribution in [0.4, 0.5) is 5.69 Å². The van der Waals surface area contributed by atoms with Gasteiger partial charge in [-0.25, -0.2) is 0 Å². The van der Waals surface area contributed by atoms with E-state index in [1.54, 1.807) is 0 Å². The predicted octanol–water partition coefficient (Wildman–Crippen LogP) is 6.25. The maximum atomic E-state index is 4.61. The molecule has 1 atom stereocenters. The molecule has 1 unspecified atom stereocenters. The third-order valence-corrected chi connectivity index (χ3v) is 4.91. The van der Waals surface area contributed by atoms with Gasteiger partial charge in [0.1, 0.15) is 0 Å². The van der Waals surface area contributed by atoms with E-state index in [0.29, 0.717) is 11.2 Å². The molecule has 0 heterocycles. The van der Waals surface area contributed by atoms with E-state index in [2.05, 4.69) is 76.1 Å². The molecule has 1 aromatic carbocycles. The molecule has 0 spiro atoms. The molecule has 1 rings (SSSR count). The molecule has 0 aliphatic carbocycles. The number of allylic oxidation sites excluding steroid dienone is 2. The first kappa shape index (κ1) is 18.9. The third kappa shape index (κ3) is 7.22. The van der Waals surface area contributed by atoms with E-state index < -0.39 is 0 Å². The standard InChI is InChI=1S/C20H31NS/c1-6-16(4)7-9-18-10-12-19(13-11-18)21-17(5)8-14-20(22)15(2)3/h10-13,15,20-22H,4-9,14H2,1-3H3. The summed E-state index contributed by atoms with van der Waals surface area (Å²) in [5, 5.41) is 3.83. The number of anilines is 1. The SMILES string of the molecule is C=C(CC)CCc1ccc(NC(=C)CCC(S)C(C)C)cc1. The number of aryl methyl sites for hydroxylation is 1. The topological polar surface area (TPSA) is 12.0 Å². The van der Waals surface area contributed by atoms with Gasteiger partial charge in [0.2, 0.25) is 0 Å². The third-order valence-electron chi connectivity index (χ3n) is 4.05. The summed E-state index contributed by atoms with van der Waals surface area (Å²) in [7, 11) is 0. The van der Waals surface area contributed by atoms with Crippen molar-refractivity contribution < 1.29 is 0 Å². The molecule has 22 heavy (non-hydrogen) atoms. The van der Waals surface area contributed by atoms with E-state index in [1.807, 2.05) is 0 Å². The van der Waals surface area contributed by atoms with Gasteiger partial charge in [-0.1, -0.05) is 51.6 Å². The van der Waals surface area contributed by atoms with Crippen molar-refractivity contribution in [2.24, 2.45) is 5.92 Å². The highest BCUT2D eigenvalue weighted by molar-refractivity contribution is 7.81. The van der Waals surface area contributed by atoms with Crippen molar-refractivity contribution in [2.45, 2.75) is 58.1 Å². The normalized spacial score (nSPS) is 12.2. The van der Waals surface area contributed by atoms with Crippen LogP contribution < -0.4 is 5.32 Å². The molecule has 1 aromatic rings. The molecule has 0 saturated carbocycles. The quantitative estimate of drug-likeness (QED) is 0.384. The minimum absolute atomic E-state index is 0.438. The summed E-state index contributed by atoms with van der Waals surface area (Å²) in [5.41, 5.74) is 4.86. The highest BCUT2D eigenvalue weighted by Crippen LogP contribution is 2.20. The number of hydrogen-bond donors (Lipinski definition) is 2. The second kappa shape index (κ2) is 9.78. The van der Waals surface area contributed by atoms with E-state index in [1.165, 1.54) is 11.1 Å². The predicted molar refractivity (Wildman–Crippen MR) is 104 cm³/mol. The van der Waals surface area contributed by atoms with Crippen LogP contribution >= 0.6 is 12.6 Å². The van der Waals surface area contributed by atoms with E-state index in [9.17, 15) is 0 Å². The molecule has 0 radical (unpaired) electrons. The number of nitrogens with one attached hydrogen (secondary N) is 1. The van der Waals surface area contributed by atoms with Gasteiger partial charge in [0.25, 0.3) is 0 Å². The molecular formula is C20H31NS. The maximum absolute atomic E-state index is 4.61. The molecule has 0 amide bonds. The van der Waals surface area contributed by atoms with Crippen LogP contribution in [0.3, 0.4) is 0 Å². The van der Waals surface area contributed by atoms with Crippen molar-refractivity contribution in [3.63, 3.8) is 0 Å². The lowest BCUT2D eigenvalue weighted by Crippen LogP contribution is -2.09. The number of thiol groups is 1. The second-order valence-electron chi connectivity index (χ2n) is 6.38. The van der Waals surface area contributed by atoms with E-state index in [-0.39, 0.29) is 0 Å². The minimum atomic E-state index is 0.438. The molecule has 2 heteroatoms. The van der Waals surface area contributed by atoms with Crippen molar-refractivity contribution in [2.75, 3.05) is 5.32 Å². The summed E-state index contributed by atoms with van der Waals surface area (Å²) in [4.78, 5) is 0. The number of hydrogen-bond acceptors (Lipinski definition) is 2. The van der Waals surface area contributed by atoms with Gasteiger partial charge in [-0.3, -0.25) is 0 Å². The molecular weight excluding hydrogens is 286 g/mol. The largest absolute Gasteiger partial charge is 0.359 e. The van der Waals surface area contributed by atoms with Gasteiger partial charge in [-0.05, 0) is 55.7 Å². The number of rotatable bonds is 10. The zero-order chi connectivity index (χ0) is 16.5. The molecule has 0 aromatic heterocycles. The van der Waals surface area contributed by atoms with Crippen LogP contribution in [0.1, 0.15) is 52.0 Å². The first-order chi connectivity index (χ1) is 10.4. The first-order valence-electron chi connectivity index (χ1n) is 8.30. The molecule has 0 aliphatic rings. The highest BCUT2D eigenvalue weighted by atomic mass is 32.1. The van der Waals surface area contributed by atoms with Crippen LogP contribution in [-0.2, 0) is 6.42 Å². The fourth-order valence-electron chi connectivity index (χ4n) is 2.17. The van der Waals surface area contributed by atoms with Gasteiger partial charge < -0.3 is 5.32 Å². The summed E-state index contributed by atoms with van der Waals surface area (Å²) in [6.07, 6.45) is 5.24. The summed E-state index contributed by atoms with van der Waals surface area (Å²) in [5.74, 6) is 0.605. The van der Waals surface area contributed by atoms with Gasteiger partial charge >= 0.3 is 0 Å². The Hall–Kier alpha value is -1.15. The molecule has 0 fully saturated rings. The molecule has 1 N–H and O–H groups in total. The fourth-order valence-corrected chi connectivity index (χ4v) is 2.30. The summed E-state index contributed by atoms with van der Waals surface area (Å²) < 4.78 is 0. The Kier molecular flexibility index (Phi) is 8.40. The minimum Gasteiger partial charge on any atom is -0.359 e. The van der Waals surface area contributed by atoms with Crippen molar-refractivity contribution >= 4 is 18.3 Å². The van der Waals surface area contributed by atoms with Gasteiger partial charge in [0, 0.05) is 16.6 Å². The average Bonchev–Trinajstić information content (AvgIpc) is 2.51. The lowest BCUT2D eigenvalue weighted by molar-refractivity contribution is 0.576. The second-order valence-corrected chi connectivity index (χ2v) is 7.04. The van der Waals surface area contributed by atoms with Crippen molar-refractivity contribution in [1.29, 1.82) is 0 Å². The van der Waals surface area contributed by atoms with Crippen LogP contribution in [0.5, 0.6) is 0 Å². The van der Waals surface area contributed by atoms with Crippen LogP contribution in [0.15, 0.2) is 48.7 Å². The van der Waals surface area contributed by atoms with Crippen LogP contribution in [0.25, 0.3) is 0 Å². The Morgan fingerprint density at radius 2 is 1.77 bits per heavy atom.